The minimum Gasteiger partial charge on any atom is -0.508 e. The molecule has 1 aromatic rings. The predicted molar refractivity (Wildman–Crippen MR) is 54.2 cm³/mol. The fraction of sp³-hybridized carbons (Fsp3) is 0.400. The molecule has 0 saturated heterocycles. The number of phenolic OH excluding ortho intramolecular Hbond substituents is 2. The molecule has 0 aliphatic heterocycles. The molecule has 5 heteroatoms. The molecular formula is C10H16O5. The van der Waals surface area contributed by atoms with Crippen molar-refractivity contribution in [2.24, 2.45) is 0 Å². The zero-order valence-electron chi connectivity index (χ0n) is 8.71. The largest absolute Gasteiger partial charge is 0.508 e. The van der Waals surface area contributed by atoms with Crippen LogP contribution in [0.3, 0.4) is 0 Å². The summed E-state index contributed by atoms with van der Waals surface area (Å²) in [6, 6.07) is 5.70. The highest BCUT2D eigenvalue weighted by molar-refractivity contribution is 5.28. The first-order valence-electron chi connectivity index (χ1n) is 4.42. The summed E-state index contributed by atoms with van der Waals surface area (Å²) in [5.74, 6) is -1.61. The van der Waals surface area contributed by atoms with Crippen LogP contribution in [0.5, 0.6) is 11.5 Å². The Morgan fingerprint density at radius 1 is 1.07 bits per heavy atom. The average Bonchev–Trinajstić information content (AvgIpc) is 2.09. The molecule has 0 saturated carbocycles. The lowest BCUT2D eigenvalue weighted by molar-refractivity contribution is -0.323. The second-order valence-electron chi connectivity index (χ2n) is 2.88. The fourth-order valence-electron chi connectivity index (χ4n) is 0.726. The molecule has 0 atom stereocenters. The quantitative estimate of drug-likeness (QED) is 0.433. The smallest absolute Gasteiger partial charge is 0.274 e. The van der Waals surface area contributed by atoms with Gasteiger partial charge in [0.2, 0.25) is 0 Å². The van der Waals surface area contributed by atoms with Crippen LogP contribution in [0.1, 0.15) is 13.8 Å². The van der Waals surface area contributed by atoms with Gasteiger partial charge in [0.25, 0.3) is 5.97 Å². The summed E-state index contributed by atoms with van der Waals surface area (Å²) in [4.78, 5) is 0. The summed E-state index contributed by atoms with van der Waals surface area (Å²) in [6.45, 7) is 3.16. The first kappa shape index (κ1) is 13.7. The molecule has 5 nitrogen and oxygen atoms in total. The molecule has 0 fully saturated rings. The van der Waals surface area contributed by atoms with Crippen LogP contribution in [-0.2, 0) is 4.74 Å². The highest BCUT2D eigenvalue weighted by Crippen LogP contribution is 2.13. The number of hydrogen-bond donors (Lipinski definition) is 4. The van der Waals surface area contributed by atoms with E-state index in [1.54, 1.807) is 6.92 Å². The van der Waals surface area contributed by atoms with Crippen molar-refractivity contribution >= 4 is 0 Å². The van der Waals surface area contributed by atoms with Crippen LogP contribution in [0.15, 0.2) is 24.3 Å². The molecule has 0 aliphatic rings. The number of benzene rings is 1. The van der Waals surface area contributed by atoms with Crippen molar-refractivity contribution in [3.8, 4) is 11.5 Å². The van der Waals surface area contributed by atoms with Crippen LogP contribution in [0.2, 0.25) is 0 Å². The van der Waals surface area contributed by atoms with Gasteiger partial charge in [-0.05, 0) is 31.2 Å². The molecule has 1 aromatic carbocycles. The first-order valence-corrected chi connectivity index (χ1v) is 4.42. The Morgan fingerprint density at radius 3 is 1.53 bits per heavy atom. The van der Waals surface area contributed by atoms with E-state index in [1.807, 2.05) is 0 Å². The molecule has 0 aliphatic carbocycles. The number of ether oxygens (including phenoxy) is 1. The Labute approximate surface area is 88.2 Å². The number of aromatic hydroxyl groups is 2. The van der Waals surface area contributed by atoms with E-state index in [4.69, 9.17) is 20.4 Å². The molecule has 0 bridgehead atoms. The van der Waals surface area contributed by atoms with Crippen LogP contribution in [0.4, 0.5) is 0 Å². The lowest BCUT2D eigenvalue weighted by Gasteiger charge is -2.13. The van der Waals surface area contributed by atoms with E-state index in [9.17, 15) is 0 Å². The number of rotatable bonds is 2. The molecule has 0 radical (unpaired) electrons. The maximum absolute atomic E-state index is 8.65. The third kappa shape index (κ3) is 9.01. The lowest BCUT2D eigenvalue weighted by atomic mass is 10.3. The van der Waals surface area contributed by atoms with Crippen molar-refractivity contribution < 1.29 is 25.2 Å². The maximum Gasteiger partial charge on any atom is 0.274 e. The van der Waals surface area contributed by atoms with Crippen molar-refractivity contribution in [2.75, 3.05) is 6.61 Å². The highest BCUT2D eigenvalue weighted by Gasteiger charge is 2.12. The van der Waals surface area contributed by atoms with E-state index in [0.717, 1.165) is 6.92 Å². The van der Waals surface area contributed by atoms with E-state index in [-0.39, 0.29) is 11.5 Å². The predicted octanol–water partition coefficient (Wildman–Crippen LogP) is 0.779. The van der Waals surface area contributed by atoms with Crippen LogP contribution < -0.4 is 0 Å². The van der Waals surface area contributed by atoms with E-state index in [0.29, 0.717) is 6.61 Å². The molecule has 86 valence electrons. The van der Waals surface area contributed by atoms with Gasteiger partial charge in [-0.1, -0.05) is 0 Å². The number of aliphatic hydroxyl groups is 2. The van der Waals surface area contributed by atoms with Gasteiger partial charge in [0.1, 0.15) is 11.5 Å². The zero-order chi connectivity index (χ0) is 11.9. The maximum atomic E-state index is 8.65. The van der Waals surface area contributed by atoms with Crippen LogP contribution in [0, 0.1) is 0 Å². The topological polar surface area (TPSA) is 90.2 Å². The highest BCUT2D eigenvalue weighted by atomic mass is 16.8. The standard InChI is InChI=1S/C6H6O2.C4H10O3/c7-5-1-2-6(8)4-3-5;1-3-7-4(2,5)6/h1-4,7-8H;5-6H,3H2,1-2H3. The molecule has 0 amide bonds. The van der Waals surface area contributed by atoms with Gasteiger partial charge in [0.15, 0.2) is 0 Å². The van der Waals surface area contributed by atoms with Crippen molar-refractivity contribution in [3.05, 3.63) is 24.3 Å². The molecule has 4 N–H and O–H groups in total. The average molecular weight is 216 g/mol. The van der Waals surface area contributed by atoms with Crippen LogP contribution in [0.25, 0.3) is 0 Å². The van der Waals surface area contributed by atoms with Gasteiger partial charge in [0, 0.05) is 13.5 Å². The monoisotopic (exact) mass is 216 g/mol. The minimum atomic E-state index is -1.95. The molecular weight excluding hydrogens is 200 g/mol. The number of hydrogen-bond acceptors (Lipinski definition) is 5. The van der Waals surface area contributed by atoms with Gasteiger partial charge in [0.05, 0.1) is 0 Å². The second-order valence-corrected chi connectivity index (χ2v) is 2.88. The van der Waals surface area contributed by atoms with Crippen molar-refractivity contribution in [2.45, 2.75) is 19.8 Å². The number of phenols is 2. The van der Waals surface area contributed by atoms with Gasteiger partial charge in [-0.15, -0.1) is 0 Å². The molecule has 1 rings (SSSR count). The molecule has 0 spiro atoms. The normalized spacial score (nSPS) is 10.4. The van der Waals surface area contributed by atoms with E-state index in [1.165, 1.54) is 24.3 Å². The zero-order valence-corrected chi connectivity index (χ0v) is 8.71. The fourth-order valence-corrected chi connectivity index (χ4v) is 0.726. The first-order chi connectivity index (χ1) is 6.85. The Hall–Kier alpha value is -1.30. The third-order valence-corrected chi connectivity index (χ3v) is 1.27. The molecule has 15 heavy (non-hydrogen) atoms. The van der Waals surface area contributed by atoms with Crippen molar-refractivity contribution in [3.63, 3.8) is 0 Å². The van der Waals surface area contributed by atoms with Gasteiger partial charge < -0.3 is 25.2 Å². The van der Waals surface area contributed by atoms with Gasteiger partial charge in [-0.3, -0.25) is 0 Å². The van der Waals surface area contributed by atoms with Crippen LogP contribution in [-0.4, -0.2) is 33.0 Å². The molecule has 0 aromatic heterocycles. The van der Waals surface area contributed by atoms with E-state index < -0.39 is 5.97 Å². The summed E-state index contributed by atoms with van der Waals surface area (Å²) in [6.07, 6.45) is 0. The summed E-state index contributed by atoms with van der Waals surface area (Å²) in [5.41, 5.74) is 0. The minimum absolute atomic E-state index is 0.169. The second kappa shape index (κ2) is 6.23. The Balaban J connectivity index is 0.000000265. The van der Waals surface area contributed by atoms with Gasteiger partial charge >= 0.3 is 0 Å². The van der Waals surface area contributed by atoms with Crippen LogP contribution >= 0.6 is 0 Å². The van der Waals surface area contributed by atoms with E-state index >= 15 is 0 Å². The lowest BCUT2D eigenvalue weighted by Crippen LogP contribution is -2.26. The molecule has 0 heterocycles. The van der Waals surface area contributed by atoms with Gasteiger partial charge in [-0.2, -0.15) is 0 Å². The summed E-state index contributed by atoms with van der Waals surface area (Å²) < 4.78 is 4.34. The van der Waals surface area contributed by atoms with Crippen molar-refractivity contribution in [1.29, 1.82) is 0 Å². The summed E-state index contributed by atoms with van der Waals surface area (Å²) in [5, 5.41) is 34.0. The Bertz CT molecular complexity index is 241. The summed E-state index contributed by atoms with van der Waals surface area (Å²) in [7, 11) is 0. The third-order valence-electron chi connectivity index (χ3n) is 1.27. The molecule has 0 unspecified atom stereocenters. The Kier molecular flexibility index (Phi) is 5.69. The van der Waals surface area contributed by atoms with E-state index in [2.05, 4.69) is 4.74 Å². The summed E-state index contributed by atoms with van der Waals surface area (Å²) >= 11 is 0. The van der Waals surface area contributed by atoms with Gasteiger partial charge in [-0.25, -0.2) is 0 Å². The van der Waals surface area contributed by atoms with Crippen molar-refractivity contribution in [1.82, 2.24) is 0 Å². The Morgan fingerprint density at radius 2 is 1.40 bits per heavy atom. The SMILES string of the molecule is CCOC(C)(O)O.Oc1ccc(O)cc1.